The van der Waals surface area contributed by atoms with Crippen molar-refractivity contribution in [1.82, 2.24) is 0 Å². The molecule has 0 spiro atoms. The topological polar surface area (TPSA) is 65.0 Å². The highest BCUT2D eigenvalue weighted by atomic mass is 16.5. The molecule has 0 amide bonds. The number of hydrogen-bond donors (Lipinski definition) is 1. The number of rotatable bonds is 26. The summed E-state index contributed by atoms with van der Waals surface area (Å²) in [6.07, 6.45) is 22.2. The predicted molar refractivity (Wildman–Crippen MR) is 124 cm³/mol. The number of carbonyl (C=O) groups is 1. The predicted octanol–water partition coefficient (Wildman–Crippen LogP) is 6.77. The first kappa shape index (κ1) is 29.4. The third-order valence-corrected chi connectivity index (χ3v) is 5.35. The second kappa shape index (κ2) is 26.4. The molecule has 0 fully saturated rings. The average Bonchev–Trinajstić information content (AvgIpc) is 2.73. The molecule has 0 bridgehead atoms. The first-order valence-electron chi connectivity index (χ1n) is 12.7. The van der Waals surface area contributed by atoms with Crippen molar-refractivity contribution in [3.8, 4) is 0 Å². The number of ether oxygens (including phenoxy) is 3. The van der Waals surface area contributed by atoms with Gasteiger partial charge < -0.3 is 19.3 Å². The van der Waals surface area contributed by atoms with Gasteiger partial charge in [-0.05, 0) is 6.42 Å². The van der Waals surface area contributed by atoms with Crippen LogP contribution in [0, 0.1) is 0 Å². The van der Waals surface area contributed by atoms with E-state index in [1.165, 1.54) is 96.3 Å². The van der Waals surface area contributed by atoms with Gasteiger partial charge in [0, 0.05) is 6.61 Å². The van der Waals surface area contributed by atoms with Crippen molar-refractivity contribution in [2.45, 2.75) is 116 Å². The van der Waals surface area contributed by atoms with Crippen molar-refractivity contribution < 1.29 is 24.1 Å². The van der Waals surface area contributed by atoms with Crippen LogP contribution in [0.2, 0.25) is 0 Å². The van der Waals surface area contributed by atoms with Crippen LogP contribution in [0.25, 0.3) is 0 Å². The molecule has 180 valence electrons. The molecule has 0 aliphatic rings. The number of hydrogen-bond acceptors (Lipinski definition) is 4. The van der Waals surface area contributed by atoms with Gasteiger partial charge in [0.05, 0.1) is 39.5 Å². The van der Waals surface area contributed by atoms with Crippen molar-refractivity contribution in [2.24, 2.45) is 0 Å². The smallest absolute Gasteiger partial charge is 0.305 e. The fourth-order valence-corrected chi connectivity index (χ4v) is 3.45. The molecule has 1 N–H and O–H groups in total. The molecular formula is C25H50O5. The maximum absolute atomic E-state index is 10.3. The molecular weight excluding hydrogens is 380 g/mol. The summed E-state index contributed by atoms with van der Waals surface area (Å²) in [6.45, 7) is 5.46. The number of carboxylic acids is 1. The third kappa shape index (κ3) is 27.4. The highest BCUT2D eigenvalue weighted by Gasteiger charge is 1.97. The van der Waals surface area contributed by atoms with Gasteiger partial charge in [0.25, 0.3) is 0 Å². The Morgan fingerprint density at radius 2 is 0.833 bits per heavy atom. The lowest BCUT2D eigenvalue weighted by atomic mass is 10.0. The maximum Gasteiger partial charge on any atom is 0.305 e. The van der Waals surface area contributed by atoms with Gasteiger partial charge in [-0.1, -0.05) is 103 Å². The van der Waals surface area contributed by atoms with Crippen LogP contribution in [-0.4, -0.2) is 50.7 Å². The Balaban J connectivity index is 2.99. The second-order valence-corrected chi connectivity index (χ2v) is 8.28. The van der Waals surface area contributed by atoms with E-state index in [4.69, 9.17) is 19.3 Å². The fourth-order valence-electron chi connectivity index (χ4n) is 3.45. The molecule has 30 heavy (non-hydrogen) atoms. The Labute approximate surface area is 186 Å². The molecule has 0 unspecified atom stereocenters. The second-order valence-electron chi connectivity index (χ2n) is 8.28. The summed E-state index contributed by atoms with van der Waals surface area (Å²) in [5.74, 6) is -0.835. The number of carboxylic acid groups (broad SMARTS) is 1. The van der Waals surface area contributed by atoms with Gasteiger partial charge in [-0.3, -0.25) is 4.79 Å². The van der Waals surface area contributed by atoms with Crippen LogP contribution in [0.5, 0.6) is 0 Å². The van der Waals surface area contributed by atoms with E-state index >= 15 is 0 Å². The zero-order valence-corrected chi connectivity index (χ0v) is 19.8. The van der Waals surface area contributed by atoms with Gasteiger partial charge in [0.2, 0.25) is 0 Å². The monoisotopic (exact) mass is 430 g/mol. The average molecular weight is 431 g/mol. The Morgan fingerprint density at radius 1 is 0.500 bits per heavy atom. The zero-order valence-electron chi connectivity index (χ0n) is 19.8. The van der Waals surface area contributed by atoms with E-state index in [9.17, 15) is 4.79 Å². The van der Waals surface area contributed by atoms with Gasteiger partial charge in [-0.25, -0.2) is 0 Å². The Morgan fingerprint density at radius 3 is 1.23 bits per heavy atom. The molecule has 0 aliphatic heterocycles. The number of aliphatic carboxylic acids is 1. The van der Waals surface area contributed by atoms with Crippen molar-refractivity contribution >= 4 is 5.97 Å². The van der Waals surface area contributed by atoms with Crippen LogP contribution in [0.15, 0.2) is 0 Å². The van der Waals surface area contributed by atoms with E-state index in [1.54, 1.807) is 0 Å². The van der Waals surface area contributed by atoms with E-state index in [2.05, 4.69) is 6.92 Å². The molecule has 0 rings (SSSR count). The normalized spacial score (nSPS) is 11.2. The summed E-state index contributed by atoms with van der Waals surface area (Å²) < 4.78 is 16.1. The quantitative estimate of drug-likeness (QED) is 0.153. The molecule has 0 saturated carbocycles. The number of unbranched alkanes of at least 4 members (excludes halogenated alkanes) is 15. The molecule has 0 radical (unpaired) electrons. The minimum Gasteiger partial charge on any atom is -0.481 e. The van der Waals surface area contributed by atoms with Crippen molar-refractivity contribution in [3.63, 3.8) is 0 Å². The Hall–Kier alpha value is -0.650. The largest absolute Gasteiger partial charge is 0.481 e. The Bertz CT molecular complexity index is 336. The minimum atomic E-state index is -0.835. The lowest BCUT2D eigenvalue weighted by molar-refractivity contribution is -0.138. The lowest BCUT2D eigenvalue weighted by Gasteiger charge is -2.06. The first-order valence-corrected chi connectivity index (χ1v) is 12.7. The van der Waals surface area contributed by atoms with Crippen molar-refractivity contribution in [1.29, 1.82) is 0 Å². The van der Waals surface area contributed by atoms with Crippen LogP contribution in [0.4, 0.5) is 0 Å². The van der Waals surface area contributed by atoms with Gasteiger partial charge in [-0.15, -0.1) is 0 Å². The van der Waals surface area contributed by atoms with Crippen LogP contribution in [0.3, 0.4) is 0 Å². The summed E-state index contributed by atoms with van der Waals surface area (Å²) in [5, 5.41) is 8.47. The third-order valence-electron chi connectivity index (χ3n) is 5.35. The zero-order chi connectivity index (χ0) is 22.0. The summed E-state index contributed by atoms with van der Waals surface area (Å²) >= 11 is 0. The van der Waals surface area contributed by atoms with Gasteiger partial charge >= 0.3 is 5.97 Å². The highest BCUT2D eigenvalue weighted by Crippen LogP contribution is 2.13. The van der Waals surface area contributed by atoms with E-state index in [0.717, 1.165) is 13.0 Å². The molecule has 0 aromatic rings. The molecule has 5 nitrogen and oxygen atoms in total. The molecule has 0 aliphatic carbocycles. The lowest BCUT2D eigenvalue weighted by Crippen LogP contribution is -2.11. The molecule has 0 aromatic carbocycles. The maximum atomic E-state index is 10.3. The molecule has 0 saturated heterocycles. The van der Waals surface area contributed by atoms with Crippen LogP contribution < -0.4 is 0 Å². The summed E-state index contributed by atoms with van der Waals surface area (Å²) in [4.78, 5) is 10.3. The van der Waals surface area contributed by atoms with E-state index in [0.29, 0.717) is 26.4 Å². The van der Waals surface area contributed by atoms with Crippen LogP contribution in [-0.2, 0) is 19.0 Å². The summed E-state index contributed by atoms with van der Waals surface area (Å²) in [7, 11) is 0. The fraction of sp³-hybridized carbons (Fsp3) is 0.960. The Kier molecular flexibility index (Phi) is 25.8. The molecule has 0 heterocycles. The van der Waals surface area contributed by atoms with Crippen LogP contribution >= 0.6 is 0 Å². The molecule has 0 atom stereocenters. The molecule has 0 aromatic heterocycles. The molecule has 5 heteroatoms. The van der Waals surface area contributed by atoms with Gasteiger partial charge in [0.15, 0.2) is 0 Å². The van der Waals surface area contributed by atoms with Gasteiger partial charge in [0.1, 0.15) is 0 Å². The van der Waals surface area contributed by atoms with E-state index in [1.807, 2.05) is 0 Å². The van der Waals surface area contributed by atoms with Crippen molar-refractivity contribution in [3.05, 3.63) is 0 Å². The summed E-state index contributed by atoms with van der Waals surface area (Å²) in [5.41, 5.74) is 0. The SMILES string of the molecule is CCCCCCCCCCCCCCCCCCOCCOCCOCCC(=O)O. The van der Waals surface area contributed by atoms with Gasteiger partial charge in [-0.2, -0.15) is 0 Å². The first-order chi connectivity index (χ1) is 14.8. The highest BCUT2D eigenvalue weighted by molar-refractivity contribution is 5.66. The minimum absolute atomic E-state index is 0.0441. The van der Waals surface area contributed by atoms with E-state index in [-0.39, 0.29) is 13.0 Å². The standard InChI is InChI=1S/C25H50O5/c1-2-3-4-5-6-7-8-9-10-11-12-13-14-15-16-17-19-28-21-23-30-24-22-29-20-18-25(26)27/h2-24H2,1H3,(H,26,27). The summed E-state index contributed by atoms with van der Waals surface area (Å²) in [6, 6.07) is 0. The van der Waals surface area contributed by atoms with E-state index < -0.39 is 5.97 Å². The van der Waals surface area contributed by atoms with Crippen LogP contribution in [0.1, 0.15) is 116 Å². The van der Waals surface area contributed by atoms with Crippen molar-refractivity contribution in [2.75, 3.05) is 39.6 Å².